The quantitative estimate of drug-likeness (QED) is 0.775. The number of anilines is 1. The molecule has 2 rings (SSSR count). The van der Waals surface area contributed by atoms with Crippen molar-refractivity contribution in [1.82, 2.24) is 5.32 Å². The first kappa shape index (κ1) is 10.8. The lowest BCUT2D eigenvalue weighted by atomic mass is 10.3. The van der Waals surface area contributed by atoms with Gasteiger partial charge in [-0.3, -0.25) is 0 Å². The summed E-state index contributed by atoms with van der Waals surface area (Å²) in [6, 6.07) is 9.76. The summed E-state index contributed by atoms with van der Waals surface area (Å²) in [5.74, 6) is 0.497. The van der Waals surface area contributed by atoms with Crippen molar-refractivity contribution in [3.63, 3.8) is 0 Å². The van der Waals surface area contributed by atoms with Gasteiger partial charge in [-0.2, -0.15) is 0 Å². The molecule has 2 N–H and O–H groups in total. The summed E-state index contributed by atoms with van der Waals surface area (Å²) in [5, 5.41) is 6.65. The van der Waals surface area contributed by atoms with Crippen molar-refractivity contribution in [3.05, 3.63) is 41.6 Å². The smallest absolute Gasteiger partial charge is 0.214 e. The highest BCUT2D eigenvalue weighted by atomic mass is 35.5. The van der Waals surface area contributed by atoms with E-state index in [4.69, 9.17) is 16.3 Å². The van der Waals surface area contributed by atoms with E-state index >= 15 is 0 Å². The van der Waals surface area contributed by atoms with Gasteiger partial charge in [0.05, 0.1) is 7.11 Å². The Morgan fingerprint density at radius 2 is 2.12 bits per heavy atom. The SMILES string of the molecule is COC1=NC(Nc2ccccc2)NC(Cl)=C1. The molecule has 1 unspecified atom stereocenters. The molecule has 0 saturated heterocycles. The van der Waals surface area contributed by atoms with Gasteiger partial charge in [-0.1, -0.05) is 29.8 Å². The van der Waals surface area contributed by atoms with Crippen LogP contribution in [0.25, 0.3) is 0 Å². The van der Waals surface area contributed by atoms with E-state index < -0.39 is 0 Å². The third-order valence-electron chi connectivity index (χ3n) is 2.07. The van der Waals surface area contributed by atoms with Crippen LogP contribution in [0.15, 0.2) is 46.6 Å². The molecule has 5 heteroatoms. The zero-order valence-corrected chi connectivity index (χ0v) is 9.53. The summed E-state index contributed by atoms with van der Waals surface area (Å²) in [5.41, 5.74) is 0.963. The molecule has 0 saturated carbocycles. The Kier molecular flexibility index (Phi) is 3.31. The number of nitrogens with zero attached hydrogens (tertiary/aromatic N) is 1. The van der Waals surface area contributed by atoms with Crippen LogP contribution in [-0.2, 0) is 4.74 Å². The molecule has 0 amide bonds. The fourth-order valence-corrected chi connectivity index (χ4v) is 1.55. The van der Waals surface area contributed by atoms with Gasteiger partial charge >= 0.3 is 0 Å². The minimum Gasteiger partial charge on any atom is -0.481 e. The first-order chi connectivity index (χ1) is 7.78. The highest BCUT2D eigenvalue weighted by molar-refractivity contribution is 6.30. The first-order valence-corrected chi connectivity index (χ1v) is 5.23. The molecule has 1 aliphatic rings. The van der Waals surface area contributed by atoms with Crippen molar-refractivity contribution in [2.24, 2.45) is 4.99 Å². The molecule has 0 fully saturated rings. The van der Waals surface area contributed by atoms with E-state index in [1.54, 1.807) is 13.2 Å². The summed E-state index contributed by atoms with van der Waals surface area (Å²) < 4.78 is 5.04. The Bertz CT molecular complexity index is 416. The summed E-state index contributed by atoms with van der Waals surface area (Å²) in [7, 11) is 1.56. The number of ether oxygens (including phenoxy) is 1. The molecule has 1 atom stereocenters. The molecule has 0 bridgehead atoms. The van der Waals surface area contributed by atoms with E-state index in [2.05, 4.69) is 15.6 Å². The lowest BCUT2D eigenvalue weighted by molar-refractivity contribution is 0.397. The highest BCUT2D eigenvalue weighted by Crippen LogP contribution is 2.11. The molecule has 0 aliphatic carbocycles. The fourth-order valence-electron chi connectivity index (χ4n) is 1.35. The summed E-state index contributed by atoms with van der Waals surface area (Å²) >= 11 is 5.90. The lowest BCUT2D eigenvalue weighted by Gasteiger charge is -2.21. The molecular weight excluding hydrogens is 226 g/mol. The Morgan fingerprint density at radius 3 is 2.81 bits per heavy atom. The average molecular weight is 238 g/mol. The number of methoxy groups -OCH3 is 1. The normalized spacial score (nSPS) is 19.2. The van der Waals surface area contributed by atoms with Crippen LogP contribution >= 0.6 is 11.6 Å². The molecule has 1 aromatic rings. The average Bonchev–Trinajstić information content (AvgIpc) is 2.29. The van der Waals surface area contributed by atoms with E-state index in [1.807, 2.05) is 30.3 Å². The van der Waals surface area contributed by atoms with Crippen LogP contribution in [0.4, 0.5) is 5.69 Å². The van der Waals surface area contributed by atoms with Crippen molar-refractivity contribution < 1.29 is 4.74 Å². The number of para-hydroxylation sites is 1. The standard InChI is InChI=1S/C11H12ClN3O/c1-16-10-7-9(12)14-11(15-10)13-8-5-3-2-4-6-8/h2-7,11,13-14H,1H3. The van der Waals surface area contributed by atoms with Gasteiger partial charge < -0.3 is 15.4 Å². The van der Waals surface area contributed by atoms with Crippen molar-refractivity contribution >= 4 is 23.2 Å². The number of benzene rings is 1. The zero-order valence-electron chi connectivity index (χ0n) is 8.77. The van der Waals surface area contributed by atoms with Gasteiger partial charge in [0.25, 0.3) is 0 Å². The predicted octanol–water partition coefficient (Wildman–Crippen LogP) is 2.11. The van der Waals surface area contributed by atoms with Crippen molar-refractivity contribution in [2.45, 2.75) is 6.29 Å². The molecule has 16 heavy (non-hydrogen) atoms. The maximum Gasteiger partial charge on any atom is 0.214 e. The third kappa shape index (κ3) is 2.67. The van der Waals surface area contributed by atoms with E-state index in [-0.39, 0.29) is 6.29 Å². The number of hydrogen-bond donors (Lipinski definition) is 2. The summed E-state index contributed by atoms with van der Waals surface area (Å²) in [4.78, 5) is 4.26. The maximum atomic E-state index is 5.90. The Labute approximate surface area is 99.0 Å². The predicted molar refractivity (Wildman–Crippen MR) is 65.4 cm³/mol. The maximum absolute atomic E-state index is 5.90. The molecule has 0 radical (unpaired) electrons. The molecule has 0 aromatic heterocycles. The van der Waals surface area contributed by atoms with Crippen LogP contribution in [0, 0.1) is 0 Å². The number of hydrogen-bond acceptors (Lipinski definition) is 4. The summed E-state index contributed by atoms with van der Waals surface area (Å²) in [6.45, 7) is 0. The van der Waals surface area contributed by atoms with Gasteiger partial charge in [-0.15, -0.1) is 0 Å². The van der Waals surface area contributed by atoms with Gasteiger partial charge in [0.2, 0.25) is 5.90 Å². The Balaban J connectivity index is 2.07. The van der Waals surface area contributed by atoms with Crippen LogP contribution in [0.5, 0.6) is 0 Å². The van der Waals surface area contributed by atoms with Crippen LogP contribution in [0.3, 0.4) is 0 Å². The third-order valence-corrected chi connectivity index (χ3v) is 2.29. The van der Waals surface area contributed by atoms with Gasteiger partial charge in [-0.25, -0.2) is 4.99 Å². The second kappa shape index (κ2) is 4.90. The topological polar surface area (TPSA) is 45.6 Å². The second-order valence-electron chi connectivity index (χ2n) is 3.22. The number of aliphatic imine (C=N–C) groups is 1. The van der Waals surface area contributed by atoms with Gasteiger partial charge in [0, 0.05) is 11.8 Å². The Hall–Kier alpha value is -1.68. The van der Waals surface area contributed by atoms with Crippen LogP contribution in [-0.4, -0.2) is 19.3 Å². The zero-order chi connectivity index (χ0) is 11.4. The van der Waals surface area contributed by atoms with Gasteiger partial charge in [-0.05, 0) is 12.1 Å². The van der Waals surface area contributed by atoms with E-state index in [9.17, 15) is 0 Å². The first-order valence-electron chi connectivity index (χ1n) is 4.85. The van der Waals surface area contributed by atoms with Crippen molar-refractivity contribution in [3.8, 4) is 0 Å². The second-order valence-corrected chi connectivity index (χ2v) is 3.63. The highest BCUT2D eigenvalue weighted by Gasteiger charge is 2.13. The van der Waals surface area contributed by atoms with Crippen molar-refractivity contribution in [2.75, 3.05) is 12.4 Å². The van der Waals surface area contributed by atoms with E-state index in [0.29, 0.717) is 11.1 Å². The van der Waals surface area contributed by atoms with Crippen LogP contribution in [0.2, 0.25) is 0 Å². The van der Waals surface area contributed by atoms with Gasteiger partial charge in [0.15, 0.2) is 6.29 Å². The molecule has 84 valence electrons. The molecule has 0 spiro atoms. The number of rotatable bonds is 2. The van der Waals surface area contributed by atoms with Gasteiger partial charge in [0.1, 0.15) is 5.16 Å². The van der Waals surface area contributed by atoms with Crippen molar-refractivity contribution in [1.29, 1.82) is 0 Å². The monoisotopic (exact) mass is 237 g/mol. The summed E-state index contributed by atoms with van der Waals surface area (Å²) in [6.07, 6.45) is 1.32. The molecule has 1 aliphatic heterocycles. The molecule has 1 heterocycles. The fraction of sp³-hybridized carbons (Fsp3) is 0.182. The number of halogens is 1. The largest absolute Gasteiger partial charge is 0.481 e. The Morgan fingerprint density at radius 1 is 1.38 bits per heavy atom. The lowest BCUT2D eigenvalue weighted by Crippen LogP contribution is -2.36. The molecular formula is C11H12ClN3O. The minimum atomic E-state index is -0.310. The van der Waals surface area contributed by atoms with E-state index in [1.165, 1.54) is 0 Å². The van der Waals surface area contributed by atoms with Crippen LogP contribution < -0.4 is 10.6 Å². The minimum absolute atomic E-state index is 0.310. The van der Waals surface area contributed by atoms with E-state index in [0.717, 1.165) is 5.69 Å². The molecule has 4 nitrogen and oxygen atoms in total. The van der Waals surface area contributed by atoms with Crippen LogP contribution in [0.1, 0.15) is 0 Å². The number of nitrogens with one attached hydrogen (secondary N) is 2. The molecule has 1 aromatic carbocycles.